The largest absolute Gasteiger partial charge is 0.462 e. The number of benzene rings is 1. The van der Waals surface area contributed by atoms with Crippen LogP contribution in [0.1, 0.15) is 35.7 Å². The SMILES string of the molecule is CCCCOC(=O)c1cc(C)cc([N+](=O)[O-])c1. The van der Waals surface area contributed by atoms with Crippen molar-refractivity contribution in [2.75, 3.05) is 6.61 Å². The van der Waals surface area contributed by atoms with E-state index in [1.165, 1.54) is 12.1 Å². The minimum absolute atomic E-state index is 0.0903. The summed E-state index contributed by atoms with van der Waals surface area (Å²) < 4.78 is 5.00. The van der Waals surface area contributed by atoms with Crippen molar-refractivity contribution in [3.63, 3.8) is 0 Å². The van der Waals surface area contributed by atoms with Gasteiger partial charge in [0.25, 0.3) is 5.69 Å². The Morgan fingerprint density at radius 1 is 1.41 bits per heavy atom. The molecule has 92 valence electrons. The standard InChI is InChI=1S/C12H15NO4/c1-3-4-5-17-12(14)10-6-9(2)7-11(8-10)13(15)16/h6-8H,3-5H2,1-2H3. The summed E-state index contributed by atoms with van der Waals surface area (Å²) in [4.78, 5) is 21.7. The summed E-state index contributed by atoms with van der Waals surface area (Å²) >= 11 is 0. The maximum absolute atomic E-state index is 11.6. The number of hydrogen-bond acceptors (Lipinski definition) is 4. The molecule has 0 aromatic heterocycles. The van der Waals surface area contributed by atoms with Gasteiger partial charge in [-0.25, -0.2) is 4.79 Å². The molecule has 0 amide bonds. The number of nitro groups is 1. The molecule has 0 aliphatic heterocycles. The van der Waals surface area contributed by atoms with Crippen LogP contribution in [0.25, 0.3) is 0 Å². The van der Waals surface area contributed by atoms with E-state index in [0.717, 1.165) is 12.8 Å². The van der Waals surface area contributed by atoms with Crippen LogP contribution >= 0.6 is 0 Å². The van der Waals surface area contributed by atoms with E-state index in [9.17, 15) is 14.9 Å². The van der Waals surface area contributed by atoms with Crippen LogP contribution in [0.2, 0.25) is 0 Å². The first-order valence-electron chi connectivity index (χ1n) is 5.47. The fourth-order valence-electron chi connectivity index (χ4n) is 1.38. The number of non-ortho nitro benzene ring substituents is 1. The summed E-state index contributed by atoms with van der Waals surface area (Å²) in [5.74, 6) is -0.509. The Balaban J connectivity index is 2.82. The molecule has 0 atom stereocenters. The lowest BCUT2D eigenvalue weighted by atomic mass is 10.1. The first-order valence-corrected chi connectivity index (χ1v) is 5.47. The van der Waals surface area contributed by atoms with E-state index in [0.29, 0.717) is 12.2 Å². The van der Waals surface area contributed by atoms with E-state index < -0.39 is 10.9 Å². The first kappa shape index (κ1) is 13.2. The average molecular weight is 237 g/mol. The molecule has 0 heterocycles. The zero-order valence-electron chi connectivity index (χ0n) is 9.93. The van der Waals surface area contributed by atoms with Crippen LogP contribution in [0.15, 0.2) is 18.2 Å². The summed E-state index contributed by atoms with van der Waals surface area (Å²) in [7, 11) is 0. The van der Waals surface area contributed by atoms with E-state index in [-0.39, 0.29) is 11.3 Å². The van der Waals surface area contributed by atoms with E-state index in [4.69, 9.17) is 4.74 Å². The smallest absolute Gasteiger partial charge is 0.338 e. The molecule has 0 fully saturated rings. The van der Waals surface area contributed by atoms with Gasteiger partial charge in [-0.1, -0.05) is 13.3 Å². The van der Waals surface area contributed by atoms with Crippen LogP contribution in [-0.2, 0) is 4.74 Å². The fraction of sp³-hybridized carbons (Fsp3) is 0.417. The maximum atomic E-state index is 11.6. The molecular formula is C12H15NO4. The molecule has 0 unspecified atom stereocenters. The number of nitrogens with zero attached hydrogens (tertiary/aromatic N) is 1. The molecule has 0 saturated heterocycles. The summed E-state index contributed by atoms with van der Waals surface area (Å²) in [6.07, 6.45) is 1.72. The first-order chi connectivity index (χ1) is 8.04. The lowest BCUT2D eigenvalue weighted by Gasteiger charge is -2.04. The number of aryl methyl sites for hydroxylation is 1. The number of ether oxygens (including phenoxy) is 1. The molecule has 17 heavy (non-hydrogen) atoms. The number of esters is 1. The molecule has 5 heteroatoms. The Morgan fingerprint density at radius 2 is 2.12 bits per heavy atom. The predicted octanol–water partition coefficient (Wildman–Crippen LogP) is 2.86. The fourth-order valence-corrected chi connectivity index (χ4v) is 1.38. The molecule has 0 radical (unpaired) electrons. The minimum Gasteiger partial charge on any atom is -0.462 e. The molecule has 1 aromatic rings. The number of carbonyl (C=O) groups is 1. The molecule has 1 aromatic carbocycles. The highest BCUT2D eigenvalue weighted by Gasteiger charge is 2.13. The monoisotopic (exact) mass is 237 g/mol. The Labute approximate surface area is 99.5 Å². The summed E-state index contributed by atoms with van der Waals surface area (Å²) in [5.41, 5.74) is 0.807. The molecule has 0 aliphatic carbocycles. The Bertz CT molecular complexity index is 429. The highest BCUT2D eigenvalue weighted by atomic mass is 16.6. The van der Waals surface area contributed by atoms with Gasteiger partial charge in [-0.2, -0.15) is 0 Å². The molecule has 5 nitrogen and oxygen atoms in total. The lowest BCUT2D eigenvalue weighted by molar-refractivity contribution is -0.384. The van der Waals surface area contributed by atoms with Crippen LogP contribution in [0, 0.1) is 17.0 Å². The van der Waals surface area contributed by atoms with E-state index in [2.05, 4.69) is 0 Å². The van der Waals surface area contributed by atoms with Gasteiger partial charge in [0, 0.05) is 12.1 Å². The highest BCUT2D eigenvalue weighted by molar-refractivity contribution is 5.90. The normalized spacial score (nSPS) is 10.0. The maximum Gasteiger partial charge on any atom is 0.338 e. The average Bonchev–Trinajstić information content (AvgIpc) is 2.28. The Kier molecular flexibility index (Phi) is 4.63. The Hall–Kier alpha value is -1.91. The molecule has 0 aliphatic rings. The number of carbonyl (C=O) groups excluding carboxylic acids is 1. The summed E-state index contributed by atoms with van der Waals surface area (Å²) in [6.45, 7) is 4.04. The van der Waals surface area contributed by atoms with Crippen LogP contribution in [0.4, 0.5) is 5.69 Å². The van der Waals surface area contributed by atoms with Crippen LogP contribution in [0.5, 0.6) is 0 Å². The number of hydrogen-bond donors (Lipinski definition) is 0. The number of rotatable bonds is 5. The van der Waals surface area contributed by atoms with E-state index in [1.54, 1.807) is 13.0 Å². The van der Waals surface area contributed by atoms with Crippen molar-refractivity contribution in [2.24, 2.45) is 0 Å². The van der Waals surface area contributed by atoms with Crippen molar-refractivity contribution >= 4 is 11.7 Å². The lowest BCUT2D eigenvalue weighted by Crippen LogP contribution is -2.07. The topological polar surface area (TPSA) is 69.4 Å². The van der Waals surface area contributed by atoms with Crippen molar-refractivity contribution in [2.45, 2.75) is 26.7 Å². The molecule has 0 bridgehead atoms. The zero-order chi connectivity index (χ0) is 12.8. The molecule has 0 saturated carbocycles. The van der Waals surface area contributed by atoms with E-state index in [1.807, 2.05) is 6.92 Å². The van der Waals surface area contributed by atoms with Gasteiger partial charge in [-0.3, -0.25) is 10.1 Å². The second kappa shape index (κ2) is 5.98. The van der Waals surface area contributed by atoms with Crippen molar-refractivity contribution in [3.8, 4) is 0 Å². The van der Waals surface area contributed by atoms with E-state index >= 15 is 0 Å². The van der Waals surface area contributed by atoms with Gasteiger partial charge < -0.3 is 4.74 Å². The highest BCUT2D eigenvalue weighted by Crippen LogP contribution is 2.17. The molecule has 0 spiro atoms. The number of nitro benzene ring substituents is 1. The zero-order valence-corrected chi connectivity index (χ0v) is 9.93. The summed E-state index contributed by atoms with van der Waals surface area (Å²) in [6, 6.07) is 4.24. The van der Waals surface area contributed by atoms with Gasteiger partial charge >= 0.3 is 5.97 Å². The van der Waals surface area contributed by atoms with Crippen molar-refractivity contribution in [3.05, 3.63) is 39.4 Å². The minimum atomic E-state index is -0.518. The van der Waals surface area contributed by atoms with Crippen LogP contribution < -0.4 is 0 Å². The molecule has 0 N–H and O–H groups in total. The molecular weight excluding hydrogens is 222 g/mol. The van der Waals surface area contributed by atoms with Crippen LogP contribution in [-0.4, -0.2) is 17.5 Å². The van der Waals surface area contributed by atoms with Crippen molar-refractivity contribution in [1.82, 2.24) is 0 Å². The third-order valence-corrected chi connectivity index (χ3v) is 2.24. The second-order valence-electron chi connectivity index (χ2n) is 3.80. The third-order valence-electron chi connectivity index (χ3n) is 2.24. The molecule has 1 rings (SSSR count). The van der Waals surface area contributed by atoms with Gasteiger partial charge in [0.1, 0.15) is 0 Å². The van der Waals surface area contributed by atoms with Gasteiger partial charge in [0.05, 0.1) is 17.1 Å². The van der Waals surface area contributed by atoms with Crippen molar-refractivity contribution in [1.29, 1.82) is 0 Å². The predicted molar refractivity (Wildman–Crippen MR) is 63.0 cm³/mol. The van der Waals surface area contributed by atoms with Gasteiger partial charge in [0.2, 0.25) is 0 Å². The van der Waals surface area contributed by atoms with Crippen LogP contribution in [0.3, 0.4) is 0 Å². The van der Waals surface area contributed by atoms with Gasteiger partial charge in [-0.15, -0.1) is 0 Å². The third kappa shape index (κ3) is 3.86. The van der Waals surface area contributed by atoms with Crippen molar-refractivity contribution < 1.29 is 14.5 Å². The van der Waals surface area contributed by atoms with Gasteiger partial charge in [-0.05, 0) is 25.0 Å². The Morgan fingerprint density at radius 3 is 2.71 bits per heavy atom. The quantitative estimate of drug-likeness (QED) is 0.341. The second-order valence-corrected chi connectivity index (χ2v) is 3.80. The summed E-state index contributed by atoms with van der Waals surface area (Å²) in [5, 5.41) is 10.6. The number of unbranched alkanes of at least 4 members (excludes halogenated alkanes) is 1. The van der Waals surface area contributed by atoms with Gasteiger partial charge in [0.15, 0.2) is 0 Å².